The second-order valence-corrected chi connectivity index (χ2v) is 9.12. The Hall–Kier alpha value is -3.91. The van der Waals surface area contributed by atoms with Crippen LogP contribution in [0.4, 0.5) is 8.78 Å². The third-order valence-electron chi connectivity index (χ3n) is 6.13. The van der Waals surface area contributed by atoms with Crippen LogP contribution in [0.3, 0.4) is 0 Å². The van der Waals surface area contributed by atoms with Gasteiger partial charge in [-0.3, -0.25) is 9.36 Å². The highest BCUT2D eigenvalue weighted by Crippen LogP contribution is 2.41. The fraction of sp³-hybridized carbons (Fsp3) is 0.0769. The number of nitrogens with zero attached hydrogens (tertiary/aromatic N) is 1. The van der Waals surface area contributed by atoms with Crippen molar-refractivity contribution in [2.45, 2.75) is 22.3 Å². The lowest BCUT2D eigenvalue weighted by Crippen LogP contribution is -2.24. The van der Waals surface area contributed by atoms with Crippen molar-refractivity contribution in [1.29, 1.82) is 0 Å². The molecule has 0 bridgehead atoms. The van der Waals surface area contributed by atoms with E-state index in [1.54, 1.807) is 34.9 Å². The molecular formula is C26H15F2NO4S. The molecule has 0 fully saturated rings. The molecule has 1 N–H and O–H groups in total. The average Bonchev–Trinajstić information content (AvgIpc) is 3.22. The summed E-state index contributed by atoms with van der Waals surface area (Å²) in [5.41, 5.74) is 0.787. The van der Waals surface area contributed by atoms with Crippen molar-refractivity contribution in [2.24, 2.45) is 0 Å². The first-order chi connectivity index (χ1) is 16.4. The average molecular weight is 475 g/mol. The normalized spacial score (nSPS) is 14.8. The summed E-state index contributed by atoms with van der Waals surface area (Å²) in [4.78, 5) is 26.4. The summed E-state index contributed by atoms with van der Waals surface area (Å²) in [6, 6.07) is 16.7. The quantitative estimate of drug-likeness (QED) is 0.355. The SMILES string of the molecule is O=c1oc2c(c(O)c1Sc1ccccc1F)c(=O)n1c3c(cccc23)CC1c1ccc(F)cc1. The number of halogens is 2. The predicted octanol–water partition coefficient (Wildman–Crippen LogP) is 5.39. The second-order valence-electron chi connectivity index (χ2n) is 8.06. The van der Waals surface area contributed by atoms with Gasteiger partial charge >= 0.3 is 5.63 Å². The Balaban J connectivity index is 1.66. The summed E-state index contributed by atoms with van der Waals surface area (Å²) in [6.45, 7) is 0. The molecule has 34 heavy (non-hydrogen) atoms. The Kier molecular flexibility index (Phi) is 4.60. The van der Waals surface area contributed by atoms with Crippen LogP contribution in [0.2, 0.25) is 0 Å². The second kappa shape index (κ2) is 7.56. The van der Waals surface area contributed by atoms with Gasteiger partial charge in [0.25, 0.3) is 5.56 Å². The van der Waals surface area contributed by atoms with E-state index in [0.29, 0.717) is 29.1 Å². The summed E-state index contributed by atoms with van der Waals surface area (Å²) in [5, 5.41) is 11.4. The van der Waals surface area contributed by atoms with Crippen LogP contribution in [-0.4, -0.2) is 9.67 Å². The molecule has 168 valence electrons. The van der Waals surface area contributed by atoms with Gasteiger partial charge in [-0.2, -0.15) is 0 Å². The molecule has 2 aromatic heterocycles. The summed E-state index contributed by atoms with van der Waals surface area (Å²) >= 11 is 0.701. The van der Waals surface area contributed by atoms with Gasteiger partial charge in [-0.15, -0.1) is 0 Å². The minimum Gasteiger partial charge on any atom is -0.505 e. The van der Waals surface area contributed by atoms with Crippen molar-refractivity contribution in [1.82, 2.24) is 4.57 Å². The molecule has 1 aliphatic rings. The number of hydrogen-bond acceptors (Lipinski definition) is 5. The number of hydrogen-bond donors (Lipinski definition) is 1. The van der Waals surface area contributed by atoms with E-state index in [4.69, 9.17) is 4.42 Å². The molecule has 6 rings (SSSR count). The van der Waals surface area contributed by atoms with Crippen LogP contribution < -0.4 is 11.2 Å². The largest absolute Gasteiger partial charge is 0.505 e. The van der Waals surface area contributed by atoms with E-state index in [1.165, 1.54) is 30.3 Å². The maximum absolute atomic E-state index is 14.2. The Labute approximate surface area is 194 Å². The minimum atomic E-state index is -0.864. The van der Waals surface area contributed by atoms with Crippen molar-refractivity contribution in [2.75, 3.05) is 0 Å². The molecule has 0 radical (unpaired) electrons. The van der Waals surface area contributed by atoms with Crippen LogP contribution >= 0.6 is 11.8 Å². The first kappa shape index (κ1) is 20.7. The molecule has 3 heterocycles. The molecule has 1 aliphatic heterocycles. The lowest BCUT2D eigenvalue weighted by Gasteiger charge is -2.17. The molecule has 1 atom stereocenters. The fourth-order valence-electron chi connectivity index (χ4n) is 4.62. The maximum atomic E-state index is 14.2. The van der Waals surface area contributed by atoms with Gasteiger partial charge in [-0.1, -0.05) is 48.2 Å². The van der Waals surface area contributed by atoms with Crippen LogP contribution in [0.5, 0.6) is 5.75 Å². The van der Waals surface area contributed by atoms with Crippen molar-refractivity contribution < 1.29 is 18.3 Å². The molecule has 8 heteroatoms. The summed E-state index contributed by atoms with van der Waals surface area (Å²) in [5.74, 6) is -1.50. The van der Waals surface area contributed by atoms with Crippen molar-refractivity contribution in [3.63, 3.8) is 0 Å². The summed E-state index contributed by atoms with van der Waals surface area (Å²) < 4.78 is 34.8. The molecule has 0 spiro atoms. The van der Waals surface area contributed by atoms with E-state index in [-0.39, 0.29) is 26.6 Å². The standard InChI is InChI=1S/C26H15F2NO4S/c27-15-10-8-13(9-11-15)18-12-14-4-3-5-16-21(14)29(18)25(31)20-22(30)24(26(32)33-23(16)20)34-19-7-2-1-6-17(19)28/h1-11,18,30H,12H2. The molecule has 0 saturated carbocycles. The van der Waals surface area contributed by atoms with E-state index in [0.717, 1.165) is 11.1 Å². The van der Waals surface area contributed by atoms with Gasteiger partial charge in [-0.05, 0) is 47.9 Å². The Morgan fingerprint density at radius 1 is 0.971 bits per heavy atom. The summed E-state index contributed by atoms with van der Waals surface area (Å²) in [7, 11) is 0. The maximum Gasteiger partial charge on any atom is 0.354 e. The van der Waals surface area contributed by atoms with Gasteiger partial charge in [0, 0.05) is 10.3 Å². The highest BCUT2D eigenvalue weighted by molar-refractivity contribution is 7.99. The van der Waals surface area contributed by atoms with Crippen LogP contribution in [0.15, 0.2) is 90.5 Å². The van der Waals surface area contributed by atoms with Crippen LogP contribution in [0, 0.1) is 11.6 Å². The van der Waals surface area contributed by atoms with E-state index < -0.39 is 28.8 Å². The van der Waals surface area contributed by atoms with E-state index >= 15 is 0 Å². The zero-order valence-electron chi connectivity index (χ0n) is 17.4. The van der Waals surface area contributed by atoms with E-state index in [9.17, 15) is 23.5 Å². The molecule has 0 aliphatic carbocycles. The highest BCUT2D eigenvalue weighted by atomic mass is 32.2. The topological polar surface area (TPSA) is 72.4 Å². The highest BCUT2D eigenvalue weighted by Gasteiger charge is 2.31. The first-order valence-electron chi connectivity index (χ1n) is 10.5. The van der Waals surface area contributed by atoms with Gasteiger partial charge in [0.15, 0.2) is 11.3 Å². The zero-order chi connectivity index (χ0) is 23.6. The summed E-state index contributed by atoms with van der Waals surface area (Å²) in [6.07, 6.45) is 0.483. The van der Waals surface area contributed by atoms with Crippen LogP contribution in [0.1, 0.15) is 17.2 Å². The van der Waals surface area contributed by atoms with Crippen molar-refractivity contribution in [3.8, 4) is 5.75 Å². The monoisotopic (exact) mass is 475 g/mol. The first-order valence-corrected chi connectivity index (χ1v) is 11.3. The number of para-hydroxylation sites is 1. The van der Waals surface area contributed by atoms with Gasteiger partial charge in [0.1, 0.15) is 21.9 Å². The molecule has 1 unspecified atom stereocenters. The van der Waals surface area contributed by atoms with E-state index in [2.05, 4.69) is 0 Å². The van der Waals surface area contributed by atoms with Gasteiger partial charge in [0.05, 0.1) is 11.6 Å². The zero-order valence-corrected chi connectivity index (χ0v) is 18.2. The molecule has 0 amide bonds. The van der Waals surface area contributed by atoms with Crippen LogP contribution in [0.25, 0.3) is 21.9 Å². The lowest BCUT2D eigenvalue weighted by molar-refractivity contribution is 0.446. The molecular weight excluding hydrogens is 460 g/mol. The smallest absolute Gasteiger partial charge is 0.354 e. The Morgan fingerprint density at radius 3 is 2.50 bits per heavy atom. The number of benzene rings is 3. The Morgan fingerprint density at radius 2 is 1.74 bits per heavy atom. The van der Waals surface area contributed by atoms with Gasteiger partial charge in [0.2, 0.25) is 0 Å². The van der Waals surface area contributed by atoms with E-state index in [1.807, 2.05) is 6.07 Å². The number of pyridine rings is 1. The minimum absolute atomic E-state index is 0.0155. The molecule has 5 nitrogen and oxygen atoms in total. The molecule has 0 saturated heterocycles. The molecule has 5 aromatic rings. The van der Waals surface area contributed by atoms with Gasteiger partial charge < -0.3 is 9.52 Å². The number of aromatic hydroxyl groups is 1. The van der Waals surface area contributed by atoms with Gasteiger partial charge in [-0.25, -0.2) is 13.6 Å². The van der Waals surface area contributed by atoms with Crippen molar-refractivity contribution in [3.05, 3.63) is 110 Å². The van der Waals surface area contributed by atoms with Crippen LogP contribution in [-0.2, 0) is 6.42 Å². The molecule has 3 aromatic carbocycles. The predicted molar refractivity (Wildman–Crippen MR) is 125 cm³/mol. The van der Waals surface area contributed by atoms with Crippen molar-refractivity contribution >= 4 is 33.6 Å². The number of aromatic nitrogens is 1. The third-order valence-corrected chi connectivity index (χ3v) is 7.24. The third kappa shape index (κ3) is 2.99. The lowest BCUT2D eigenvalue weighted by atomic mass is 10.0. The fourth-order valence-corrected chi connectivity index (χ4v) is 5.47. The number of fused-ring (bicyclic) bond motifs is 2. The number of rotatable bonds is 3. The Bertz CT molecular complexity index is 1740.